The molecule has 0 radical (unpaired) electrons. The van der Waals surface area contributed by atoms with Crippen molar-refractivity contribution in [1.29, 1.82) is 0 Å². The van der Waals surface area contributed by atoms with E-state index in [4.69, 9.17) is 5.73 Å². The highest BCUT2D eigenvalue weighted by Gasteiger charge is 2.23. The maximum Gasteiger partial charge on any atom is 0.239 e. The standard InChI is InChI=1S/C13H22N2OS/c1-5-9(2)12(14)13(16)15(4)8-11-10(3)6-7-17-11/h6-7,9,12H,5,8,14H2,1-4H3. The Balaban J connectivity index is 2.61. The molecule has 2 atom stereocenters. The van der Waals surface area contributed by atoms with Crippen molar-refractivity contribution in [2.75, 3.05) is 7.05 Å². The fourth-order valence-electron chi connectivity index (χ4n) is 1.61. The summed E-state index contributed by atoms with van der Waals surface area (Å²) in [5.74, 6) is 0.265. The Morgan fingerprint density at radius 3 is 2.71 bits per heavy atom. The summed E-state index contributed by atoms with van der Waals surface area (Å²) < 4.78 is 0. The Morgan fingerprint density at radius 2 is 2.24 bits per heavy atom. The van der Waals surface area contributed by atoms with Crippen molar-refractivity contribution in [2.24, 2.45) is 11.7 Å². The quantitative estimate of drug-likeness (QED) is 0.877. The number of hydrogen-bond donors (Lipinski definition) is 1. The summed E-state index contributed by atoms with van der Waals surface area (Å²) in [6, 6.07) is 1.69. The van der Waals surface area contributed by atoms with Crippen LogP contribution < -0.4 is 5.73 Å². The Hall–Kier alpha value is -0.870. The van der Waals surface area contributed by atoms with Crippen LogP contribution in [0.5, 0.6) is 0 Å². The highest BCUT2D eigenvalue weighted by molar-refractivity contribution is 7.10. The minimum Gasteiger partial charge on any atom is -0.339 e. The van der Waals surface area contributed by atoms with Gasteiger partial charge in [0, 0.05) is 11.9 Å². The average molecular weight is 254 g/mol. The lowest BCUT2D eigenvalue weighted by molar-refractivity contribution is -0.132. The highest BCUT2D eigenvalue weighted by atomic mass is 32.1. The number of carbonyl (C=O) groups excluding carboxylic acids is 1. The molecule has 0 aliphatic carbocycles. The largest absolute Gasteiger partial charge is 0.339 e. The number of aryl methyl sites for hydroxylation is 1. The van der Waals surface area contributed by atoms with Crippen LogP contribution in [0.1, 0.15) is 30.7 Å². The number of nitrogens with zero attached hydrogens (tertiary/aromatic N) is 1. The third kappa shape index (κ3) is 3.54. The zero-order chi connectivity index (χ0) is 13.0. The van der Waals surface area contributed by atoms with Crippen LogP contribution in [0.4, 0.5) is 0 Å². The molecule has 1 rings (SSSR count). The van der Waals surface area contributed by atoms with E-state index < -0.39 is 0 Å². The molecule has 0 aromatic carbocycles. The van der Waals surface area contributed by atoms with Crippen molar-refractivity contribution < 1.29 is 4.79 Å². The number of carbonyl (C=O) groups is 1. The van der Waals surface area contributed by atoms with Gasteiger partial charge in [-0.25, -0.2) is 0 Å². The maximum atomic E-state index is 12.1. The molecule has 0 saturated heterocycles. The monoisotopic (exact) mass is 254 g/mol. The molecule has 0 fully saturated rings. The summed E-state index contributed by atoms with van der Waals surface area (Å²) in [6.45, 7) is 6.80. The van der Waals surface area contributed by atoms with E-state index in [0.717, 1.165) is 6.42 Å². The van der Waals surface area contributed by atoms with Gasteiger partial charge < -0.3 is 10.6 Å². The Morgan fingerprint density at radius 1 is 1.59 bits per heavy atom. The zero-order valence-corrected chi connectivity index (χ0v) is 11.9. The number of hydrogen-bond acceptors (Lipinski definition) is 3. The van der Waals surface area contributed by atoms with E-state index in [9.17, 15) is 4.79 Å². The topological polar surface area (TPSA) is 46.3 Å². The van der Waals surface area contributed by atoms with Gasteiger partial charge in [0.25, 0.3) is 0 Å². The third-order valence-electron chi connectivity index (χ3n) is 3.27. The van der Waals surface area contributed by atoms with E-state index in [1.807, 2.05) is 14.0 Å². The molecule has 1 aromatic heterocycles. The molecule has 2 N–H and O–H groups in total. The van der Waals surface area contributed by atoms with Crippen molar-refractivity contribution in [1.82, 2.24) is 4.90 Å². The summed E-state index contributed by atoms with van der Waals surface area (Å²) >= 11 is 1.69. The van der Waals surface area contributed by atoms with Gasteiger partial charge in [0.1, 0.15) is 0 Å². The fourth-order valence-corrected chi connectivity index (χ4v) is 2.57. The predicted molar refractivity (Wildman–Crippen MR) is 73.0 cm³/mol. The van der Waals surface area contributed by atoms with Gasteiger partial charge >= 0.3 is 0 Å². The normalized spacial score (nSPS) is 14.4. The fraction of sp³-hybridized carbons (Fsp3) is 0.615. The van der Waals surface area contributed by atoms with Crippen LogP contribution >= 0.6 is 11.3 Å². The van der Waals surface area contributed by atoms with Crippen LogP contribution in [-0.4, -0.2) is 23.9 Å². The molecule has 0 saturated carbocycles. The average Bonchev–Trinajstić information content (AvgIpc) is 2.72. The molecule has 4 heteroatoms. The summed E-state index contributed by atoms with van der Waals surface area (Å²) in [7, 11) is 1.82. The molecule has 96 valence electrons. The van der Waals surface area contributed by atoms with E-state index >= 15 is 0 Å². The Labute approximate surface area is 108 Å². The van der Waals surface area contributed by atoms with Crippen molar-refractivity contribution in [3.8, 4) is 0 Å². The van der Waals surface area contributed by atoms with Crippen LogP contribution in [0, 0.1) is 12.8 Å². The molecule has 1 amide bonds. The lowest BCUT2D eigenvalue weighted by Crippen LogP contribution is -2.45. The molecular formula is C13H22N2OS. The predicted octanol–water partition coefficient (Wildman–Crippen LogP) is 2.39. The van der Waals surface area contributed by atoms with Crippen LogP contribution in [-0.2, 0) is 11.3 Å². The van der Waals surface area contributed by atoms with Gasteiger partial charge in [-0.2, -0.15) is 0 Å². The molecule has 17 heavy (non-hydrogen) atoms. The number of likely N-dealkylation sites (N-methyl/N-ethyl adjacent to an activating group) is 1. The second-order valence-electron chi connectivity index (χ2n) is 4.63. The number of thiophene rings is 1. The lowest BCUT2D eigenvalue weighted by Gasteiger charge is -2.24. The van der Waals surface area contributed by atoms with Crippen LogP contribution in [0.25, 0.3) is 0 Å². The van der Waals surface area contributed by atoms with Crippen molar-refractivity contribution >= 4 is 17.2 Å². The van der Waals surface area contributed by atoms with Gasteiger partial charge in [-0.05, 0) is 29.9 Å². The first-order valence-electron chi connectivity index (χ1n) is 6.00. The second-order valence-corrected chi connectivity index (χ2v) is 5.63. The van der Waals surface area contributed by atoms with E-state index in [0.29, 0.717) is 6.54 Å². The summed E-state index contributed by atoms with van der Waals surface area (Å²) in [5, 5.41) is 2.05. The molecule has 0 aliphatic heterocycles. The SMILES string of the molecule is CCC(C)C(N)C(=O)N(C)Cc1sccc1C. The number of nitrogens with two attached hydrogens (primary N) is 1. The van der Waals surface area contributed by atoms with E-state index in [-0.39, 0.29) is 17.9 Å². The van der Waals surface area contributed by atoms with E-state index in [1.165, 1.54) is 10.4 Å². The minimum atomic E-state index is -0.384. The van der Waals surface area contributed by atoms with Gasteiger partial charge in [0.2, 0.25) is 5.91 Å². The van der Waals surface area contributed by atoms with Crippen LogP contribution in [0.3, 0.4) is 0 Å². The number of rotatable bonds is 5. The lowest BCUT2D eigenvalue weighted by atomic mass is 9.99. The van der Waals surface area contributed by atoms with Gasteiger partial charge in [-0.1, -0.05) is 20.3 Å². The minimum absolute atomic E-state index is 0.0344. The summed E-state index contributed by atoms with van der Waals surface area (Å²) in [4.78, 5) is 15.1. The Bertz CT molecular complexity index is 375. The molecule has 1 aromatic rings. The van der Waals surface area contributed by atoms with Gasteiger partial charge in [-0.3, -0.25) is 4.79 Å². The van der Waals surface area contributed by atoms with Gasteiger partial charge in [-0.15, -0.1) is 11.3 Å². The molecule has 1 heterocycles. The van der Waals surface area contributed by atoms with Gasteiger partial charge in [0.05, 0.1) is 12.6 Å². The zero-order valence-electron chi connectivity index (χ0n) is 11.1. The molecule has 0 aliphatic rings. The maximum absolute atomic E-state index is 12.1. The van der Waals surface area contributed by atoms with Crippen molar-refractivity contribution in [3.05, 3.63) is 21.9 Å². The summed E-state index contributed by atoms with van der Waals surface area (Å²) in [6.07, 6.45) is 0.929. The van der Waals surface area contributed by atoms with Crippen molar-refractivity contribution in [3.63, 3.8) is 0 Å². The highest BCUT2D eigenvalue weighted by Crippen LogP contribution is 2.18. The molecule has 2 unspecified atom stereocenters. The van der Waals surface area contributed by atoms with E-state index in [2.05, 4.69) is 25.3 Å². The first kappa shape index (κ1) is 14.2. The summed E-state index contributed by atoms with van der Waals surface area (Å²) in [5.41, 5.74) is 7.19. The molecule has 0 spiro atoms. The number of amides is 1. The molecule has 0 bridgehead atoms. The van der Waals surface area contributed by atoms with Gasteiger partial charge in [0.15, 0.2) is 0 Å². The van der Waals surface area contributed by atoms with Crippen LogP contribution in [0.15, 0.2) is 11.4 Å². The Kier molecular flexibility index (Phi) is 5.15. The van der Waals surface area contributed by atoms with Crippen LogP contribution in [0.2, 0.25) is 0 Å². The molecule has 3 nitrogen and oxygen atoms in total. The second kappa shape index (κ2) is 6.17. The molecular weight excluding hydrogens is 232 g/mol. The third-order valence-corrected chi connectivity index (χ3v) is 4.28. The first-order valence-corrected chi connectivity index (χ1v) is 6.88. The first-order chi connectivity index (χ1) is 7.97. The van der Waals surface area contributed by atoms with E-state index in [1.54, 1.807) is 16.2 Å². The smallest absolute Gasteiger partial charge is 0.239 e. The van der Waals surface area contributed by atoms with Crippen molar-refractivity contribution in [2.45, 2.75) is 39.8 Å².